The number of aliphatic imine (C=N–C) groups is 1. The summed E-state index contributed by atoms with van der Waals surface area (Å²) in [4.78, 5) is 4.00. The number of hydrogen-bond donors (Lipinski definition) is 0. The lowest BCUT2D eigenvalue weighted by atomic mass is 10.1. The Bertz CT molecular complexity index is 474. The van der Waals surface area contributed by atoms with Crippen molar-refractivity contribution in [2.24, 2.45) is 4.99 Å². The second-order valence-corrected chi connectivity index (χ2v) is 4.98. The van der Waals surface area contributed by atoms with Gasteiger partial charge in [0.15, 0.2) is 14.9 Å². The van der Waals surface area contributed by atoms with Gasteiger partial charge < -0.3 is 0 Å². The highest BCUT2D eigenvalue weighted by Gasteiger charge is 2.22. The van der Waals surface area contributed by atoms with E-state index >= 15 is 0 Å². The van der Waals surface area contributed by atoms with Crippen LogP contribution in [0.1, 0.15) is 11.1 Å². The van der Waals surface area contributed by atoms with Crippen LogP contribution in [0.3, 0.4) is 0 Å². The Balaban J connectivity index is 2.60. The summed E-state index contributed by atoms with van der Waals surface area (Å²) >= 11 is 0. The average molecular weight is 195 g/mol. The van der Waals surface area contributed by atoms with Crippen LogP contribution >= 0.6 is 0 Å². The van der Waals surface area contributed by atoms with Crippen LogP contribution in [-0.2, 0) is 16.4 Å². The molecule has 1 aromatic carbocycles. The first-order valence-electron chi connectivity index (χ1n) is 3.92. The molecule has 0 bridgehead atoms. The first-order chi connectivity index (χ1) is 6.09. The number of sulfone groups is 1. The second-order valence-electron chi connectivity index (χ2n) is 3.05. The van der Waals surface area contributed by atoms with E-state index in [1.54, 1.807) is 6.07 Å². The van der Waals surface area contributed by atoms with Crippen molar-refractivity contribution < 1.29 is 8.42 Å². The molecular formula is C9H9NO2S. The monoisotopic (exact) mass is 195 g/mol. The topological polar surface area (TPSA) is 46.5 Å². The van der Waals surface area contributed by atoms with Crippen molar-refractivity contribution in [3.05, 3.63) is 35.4 Å². The van der Waals surface area contributed by atoms with E-state index in [0.29, 0.717) is 6.54 Å². The molecule has 0 radical (unpaired) electrons. The minimum atomic E-state index is -3.17. The fraction of sp³-hybridized carbons (Fsp3) is 0.222. The Kier molecular flexibility index (Phi) is 1.73. The molecule has 13 heavy (non-hydrogen) atoms. The predicted molar refractivity (Wildman–Crippen MR) is 51.5 cm³/mol. The molecular weight excluding hydrogens is 186 g/mol. The summed E-state index contributed by atoms with van der Waals surface area (Å²) in [6, 6.07) is 7.41. The summed E-state index contributed by atoms with van der Waals surface area (Å²) in [5, 5.41) is 0.225. The van der Waals surface area contributed by atoms with Gasteiger partial charge in [0, 0.05) is 11.8 Å². The zero-order valence-electron chi connectivity index (χ0n) is 7.19. The highest BCUT2D eigenvalue weighted by Crippen LogP contribution is 2.20. The Morgan fingerprint density at radius 3 is 2.69 bits per heavy atom. The van der Waals surface area contributed by atoms with E-state index in [9.17, 15) is 8.42 Å². The molecule has 0 spiro atoms. The number of rotatable bonds is 0. The fourth-order valence-corrected chi connectivity index (χ4v) is 2.32. The average Bonchev–Trinajstić information content (AvgIpc) is 2.45. The van der Waals surface area contributed by atoms with Crippen molar-refractivity contribution >= 4 is 14.9 Å². The summed E-state index contributed by atoms with van der Waals surface area (Å²) in [5.74, 6) is 0. The van der Waals surface area contributed by atoms with Crippen molar-refractivity contribution in [1.82, 2.24) is 0 Å². The lowest BCUT2D eigenvalue weighted by Gasteiger charge is -1.99. The van der Waals surface area contributed by atoms with Gasteiger partial charge in [-0.15, -0.1) is 0 Å². The molecule has 0 unspecified atom stereocenters. The van der Waals surface area contributed by atoms with E-state index in [1.807, 2.05) is 18.2 Å². The van der Waals surface area contributed by atoms with Gasteiger partial charge in [-0.25, -0.2) is 8.42 Å². The maximum Gasteiger partial charge on any atom is 0.192 e. The van der Waals surface area contributed by atoms with Crippen LogP contribution in [0.25, 0.3) is 0 Å². The quantitative estimate of drug-likeness (QED) is 0.619. The van der Waals surface area contributed by atoms with Gasteiger partial charge in [0.25, 0.3) is 0 Å². The van der Waals surface area contributed by atoms with Crippen molar-refractivity contribution in [2.45, 2.75) is 6.54 Å². The third-order valence-electron chi connectivity index (χ3n) is 1.99. The molecule has 1 heterocycles. The molecule has 1 aromatic rings. The molecule has 0 aromatic heterocycles. The van der Waals surface area contributed by atoms with Gasteiger partial charge >= 0.3 is 0 Å². The van der Waals surface area contributed by atoms with E-state index in [0.717, 1.165) is 11.1 Å². The summed E-state index contributed by atoms with van der Waals surface area (Å²) in [5.41, 5.74) is 1.74. The Morgan fingerprint density at radius 2 is 2.00 bits per heavy atom. The van der Waals surface area contributed by atoms with Gasteiger partial charge in [0.05, 0.1) is 6.54 Å². The lowest BCUT2D eigenvalue weighted by molar-refractivity contribution is 0.612. The van der Waals surface area contributed by atoms with Gasteiger partial charge in [-0.2, -0.15) is 0 Å². The summed E-state index contributed by atoms with van der Waals surface area (Å²) < 4.78 is 22.5. The highest BCUT2D eigenvalue weighted by molar-refractivity contribution is 8.06. The minimum Gasteiger partial charge on any atom is -0.268 e. The maximum atomic E-state index is 11.3. The molecule has 4 heteroatoms. The smallest absolute Gasteiger partial charge is 0.192 e. The molecule has 2 rings (SSSR count). The fourth-order valence-electron chi connectivity index (χ4n) is 1.43. The zero-order chi connectivity index (χ0) is 9.47. The highest BCUT2D eigenvalue weighted by atomic mass is 32.2. The third kappa shape index (κ3) is 1.37. The molecule has 0 saturated heterocycles. The van der Waals surface area contributed by atoms with Crippen molar-refractivity contribution in [1.29, 1.82) is 0 Å². The van der Waals surface area contributed by atoms with E-state index < -0.39 is 9.84 Å². The van der Waals surface area contributed by atoms with Crippen LogP contribution in [-0.4, -0.2) is 19.7 Å². The standard InChI is InChI=1S/C9H9NO2S/c1-13(11,12)9-8-5-3-2-4-7(8)6-10-9/h2-5H,6H2,1H3. The van der Waals surface area contributed by atoms with E-state index in [2.05, 4.69) is 4.99 Å². The normalized spacial score (nSPS) is 15.3. The molecule has 1 aliphatic rings. The van der Waals surface area contributed by atoms with Crippen LogP contribution in [0.15, 0.2) is 29.3 Å². The van der Waals surface area contributed by atoms with Gasteiger partial charge in [0.1, 0.15) is 0 Å². The molecule has 68 valence electrons. The van der Waals surface area contributed by atoms with Crippen molar-refractivity contribution in [2.75, 3.05) is 6.26 Å². The second kappa shape index (κ2) is 2.67. The predicted octanol–water partition coefficient (Wildman–Crippen LogP) is 0.991. The summed E-state index contributed by atoms with van der Waals surface area (Å²) in [7, 11) is -3.17. The summed E-state index contributed by atoms with van der Waals surface area (Å²) in [6.07, 6.45) is 1.19. The molecule has 1 aliphatic heterocycles. The SMILES string of the molecule is CS(=O)(=O)C1=NCc2ccccc21. The van der Waals surface area contributed by atoms with E-state index in [4.69, 9.17) is 0 Å². The molecule has 0 atom stereocenters. The van der Waals surface area contributed by atoms with Crippen LogP contribution in [0.2, 0.25) is 0 Å². The van der Waals surface area contributed by atoms with Crippen LogP contribution < -0.4 is 0 Å². The molecule has 0 aliphatic carbocycles. The number of nitrogens with zero attached hydrogens (tertiary/aromatic N) is 1. The maximum absolute atomic E-state index is 11.3. The van der Waals surface area contributed by atoms with Crippen molar-refractivity contribution in [3.8, 4) is 0 Å². The van der Waals surface area contributed by atoms with Crippen LogP contribution in [0.5, 0.6) is 0 Å². The first-order valence-corrected chi connectivity index (χ1v) is 5.81. The largest absolute Gasteiger partial charge is 0.268 e. The van der Waals surface area contributed by atoms with E-state index in [-0.39, 0.29) is 5.04 Å². The molecule has 3 nitrogen and oxygen atoms in total. The number of hydrogen-bond acceptors (Lipinski definition) is 3. The van der Waals surface area contributed by atoms with Gasteiger partial charge in [-0.1, -0.05) is 24.3 Å². The number of fused-ring (bicyclic) bond motifs is 1. The van der Waals surface area contributed by atoms with Crippen molar-refractivity contribution in [3.63, 3.8) is 0 Å². The van der Waals surface area contributed by atoms with Gasteiger partial charge in [-0.3, -0.25) is 4.99 Å². The summed E-state index contributed by atoms with van der Waals surface area (Å²) in [6.45, 7) is 0.485. The Morgan fingerprint density at radius 1 is 1.31 bits per heavy atom. The molecule has 0 saturated carbocycles. The first kappa shape index (κ1) is 8.44. The molecule has 0 amide bonds. The lowest BCUT2D eigenvalue weighted by Crippen LogP contribution is -2.12. The Labute approximate surface area is 77.0 Å². The van der Waals surface area contributed by atoms with Gasteiger partial charge in [0.2, 0.25) is 0 Å². The Hall–Kier alpha value is -1.16. The minimum absolute atomic E-state index is 0.225. The number of benzene rings is 1. The van der Waals surface area contributed by atoms with Crippen LogP contribution in [0.4, 0.5) is 0 Å². The van der Waals surface area contributed by atoms with Gasteiger partial charge in [-0.05, 0) is 5.56 Å². The molecule has 0 N–H and O–H groups in total. The zero-order valence-corrected chi connectivity index (χ0v) is 8.00. The van der Waals surface area contributed by atoms with E-state index in [1.165, 1.54) is 6.26 Å². The molecule has 0 fully saturated rings. The third-order valence-corrected chi connectivity index (χ3v) is 3.04. The van der Waals surface area contributed by atoms with Crippen LogP contribution in [0, 0.1) is 0 Å².